The van der Waals surface area contributed by atoms with Gasteiger partial charge < -0.3 is 10.6 Å². The van der Waals surface area contributed by atoms with Crippen molar-refractivity contribution in [2.75, 3.05) is 19.6 Å². The van der Waals surface area contributed by atoms with E-state index in [2.05, 4.69) is 22.5 Å². The number of hydrogen-bond acceptors (Lipinski definition) is 3. The third kappa shape index (κ3) is 4.59. The maximum atomic E-state index is 12.6. The van der Waals surface area contributed by atoms with E-state index in [1.165, 1.54) is 0 Å². The van der Waals surface area contributed by atoms with Gasteiger partial charge in [-0.05, 0) is 50.4 Å². The van der Waals surface area contributed by atoms with E-state index >= 15 is 0 Å². The number of nitrogens with zero attached hydrogens (tertiary/aromatic N) is 1. The highest BCUT2D eigenvalue weighted by atomic mass is 35.5. The number of carbonyl (C=O) groups is 1. The van der Waals surface area contributed by atoms with E-state index in [1.54, 1.807) is 0 Å². The van der Waals surface area contributed by atoms with Crippen molar-refractivity contribution in [3.05, 3.63) is 41.6 Å². The molecule has 1 saturated heterocycles. The number of amides is 1. The van der Waals surface area contributed by atoms with Crippen molar-refractivity contribution in [3.8, 4) is 0 Å². The summed E-state index contributed by atoms with van der Waals surface area (Å²) in [6, 6.07) is 9.69. The van der Waals surface area contributed by atoms with E-state index in [-0.39, 0.29) is 36.1 Å². The summed E-state index contributed by atoms with van der Waals surface area (Å²) in [5.74, 6) is 0.00135. The zero-order valence-corrected chi connectivity index (χ0v) is 15.7. The van der Waals surface area contributed by atoms with Gasteiger partial charge in [0.25, 0.3) is 5.91 Å². The summed E-state index contributed by atoms with van der Waals surface area (Å²) in [4.78, 5) is 17.1. The third-order valence-electron chi connectivity index (χ3n) is 4.58. The van der Waals surface area contributed by atoms with Gasteiger partial charge >= 0.3 is 0 Å². The van der Waals surface area contributed by atoms with E-state index in [4.69, 9.17) is 0 Å². The molecule has 1 fully saturated rings. The molecule has 6 heteroatoms. The summed E-state index contributed by atoms with van der Waals surface area (Å²) in [5, 5.41) is 7.42. The monoisotopic (exact) mass is 369 g/mol. The summed E-state index contributed by atoms with van der Waals surface area (Å²) in [7, 11) is 0. The van der Waals surface area contributed by atoms with Gasteiger partial charge in [-0.1, -0.05) is 25.1 Å². The van der Waals surface area contributed by atoms with Crippen molar-refractivity contribution < 1.29 is 4.79 Å². The van der Waals surface area contributed by atoms with Crippen molar-refractivity contribution in [3.63, 3.8) is 0 Å². The fourth-order valence-corrected chi connectivity index (χ4v) is 3.09. The lowest BCUT2D eigenvalue weighted by atomic mass is 9.81. The molecule has 1 aliphatic heterocycles. The lowest BCUT2D eigenvalue weighted by molar-refractivity contribution is 0.0924. The quantitative estimate of drug-likeness (QED) is 0.870. The topological polar surface area (TPSA) is 54.0 Å². The standard InChI is InChI=1S/C18H23N3O.2ClH/c1-13-11-15(14-5-3-4-6-16(14)21-13)17(22)20-12-18(2)7-9-19-10-8-18;;/h3-6,11,19H,7-10,12H2,1-2H3,(H,20,22);2*1H. The predicted octanol–water partition coefficient (Wildman–Crippen LogP) is 3.51. The molecule has 1 aromatic carbocycles. The Labute approximate surface area is 155 Å². The Balaban J connectivity index is 0.00000144. The zero-order chi connectivity index (χ0) is 15.6. The average Bonchev–Trinajstić information content (AvgIpc) is 2.52. The molecule has 0 unspecified atom stereocenters. The molecular weight excluding hydrogens is 345 g/mol. The van der Waals surface area contributed by atoms with Gasteiger partial charge in [0, 0.05) is 17.6 Å². The maximum Gasteiger partial charge on any atom is 0.252 e. The molecular formula is C18H25Cl2N3O. The molecule has 24 heavy (non-hydrogen) atoms. The Hall–Kier alpha value is -1.36. The molecule has 0 aliphatic carbocycles. The number of nitrogens with one attached hydrogen (secondary N) is 2. The number of fused-ring (bicyclic) bond motifs is 1. The molecule has 1 aliphatic rings. The number of pyridine rings is 1. The molecule has 1 aromatic heterocycles. The van der Waals surface area contributed by atoms with Crippen LogP contribution >= 0.6 is 24.8 Å². The summed E-state index contributed by atoms with van der Waals surface area (Å²) >= 11 is 0. The third-order valence-corrected chi connectivity index (χ3v) is 4.58. The van der Waals surface area contributed by atoms with Crippen molar-refractivity contribution in [2.45, 2.75) is 26.7 Å². The highest BCUT2D eigenvalue weighted by Crippen LogP contribution is 2.27. The molecule has 2 N–H and O–H groups in total. The van der Waals surface area contributed by atoms with Crippen molar-refractivity contribution in [1.29, 1.82) is 0 Å². The van der Waals surface area contributed by atoms with E-state index in [9.17, 15) is 4.79 Å². The smallest absolute Gasteiger partial charge is 0.252 e. The first kappa shape index (κ1) is 20.7. The number of hydrogen-bond donors (Lipinski definition) is 2. The van der Waals surface area contributed by atoms with E-state index < -0.39 is 0 Å². The van der Waals surface area contributed by atoms with Crippen LogP contribution in [0.3, 0.4) is 0 Å². The van der Waals surface area contributed by atoms with Crippen molar-refractivity contribution in [1.82, 2.24) is 15.6 Å². The van der Waals surface area contributed by atoms with Gasteiger partial charge in [0.05, 0.1) is 11.1 Å². The largest absolute Gasteiger partial charge is 0.351 e. The number of benzene rings is 1. The molecule has 0 spiro atoms. The zero-order valence-electron chi connectivity index (χ0n) is 14.1. The van der Waals surface area contributed by atoms with Gasteiger partial charge in [-0.15, -0.1) is 24.8 Å². The van der Waals surface area contributed by atoms with Gasteiger partial charge in [0.2, 0.25) is 0 Å². The van der Waals surface area contributed by atoms with Crippen molar-refractivity contribution >= 4 is 41.6 Å². The second-order valence-corrected chi connectivity index (χ2v) is 6.57. The highest BCUT2D eigenvalue weighted by molar-refractivity contribution is 6.06. The van der Waals surface area contributed by atoms with Gasteiger partial charge in [-0.3, -0.25) is 9.78 Å². The second kappa shape index (κ2) is 8.65. The van der Waals surface area contributed by atoms with Crippen LogP contribution in [-0.4, -0.2) is 30.5 Å². The Bertz CT molecular complexity index is 700. The lowest BCUT2D eigenvalue weighted by Crippen LogP contribution is -2.42. The Morgan fingerprint density at radius 2 is 1.92 bits per heavy atom. The summed E-state index contributed by atoms with van der Waals surface area (Å²) in [5.41, 5.74) is 2.66. The minimum absolute atomic E-state index is 0. The van der Waals surface area contributed by atoms with Gasteiger partial charge in [0.15, 0.2) is 0 Å². The number of aromatic nitrogens is 1. The van der Waals surface area contributed by atoms with Crippen LogP contribution in [-0.2, 0) is 0 Å². The highest BCUT2D eigenvalue weighted by Gasteiger charge is 2.27. The molecule has 0 bridgehead atoms. The minimum atomic E-state index is 0. The Morgan fingerprint density at radius 3 is 2.62 bits per heavy atom. The Kier molecular flexibility index (Phi) is 7.46. The second-order valence-electron chi connectivity index (χ2n) is 6.57. The van der Waals surface area contributed by atoms with Crippen LogP contribution in [0.2, 0.25) is 0 Å². The fraction of sp³-hybridized carbons (Fsp3) is 0.444. The van der Waals surface area contributed by atoms with Crippen LogP contribution in [0, 0.1) is 12.3 Å². The molecule has 0 atom stereocenters. The van der Waals surface area contributed by atoms with Gasteiger partial charge in [-0.2, -0.15) is 0 Å². The molecule has 3 rings (SSSR count). The summed E-state index contributed by atoms with van der Waals surface area (Å²) < 4.78 is 0. The molecule has 0 saturated carbocycles. The lowest BCUT2D eigenvalue weighted by Gasteiger charge is -2.34. The number of para-hydroxylation sites is 1. The first-order valence-electron chi connectivity index (χ1n) is 7.93. The van der Waals surface area contributed by atoms with Crippen LogP contribution in [0.15, 0.2) is 30.3 Å². The molecule has 2 aromatic rings. The van der Waals surface area contributed by atoms with Gasteiger partial charge in [0.1, 0.15) is 0 Å². The molecule has 2 heterocycles. The number of rotatable bonds is 3. The normalized spacial score (nSPS) is 15.9. The maximum absolute atomic E-state index is 12.6. The van der Waals surface area contributed by atoms with E-state index in [0.29, 0.717) is 0 Å². The number of carbonyl (C=O) groups excluding carboxylic acids is 1. The van der Waals surface area contributed by atoms with Crippen LogP contribution in [0.1, 0.15) is 35.8 Å². The fourth-order valence-electron chi connectivity index (χ4n) is 3.09. The SMILES string of the molecule is Cc1cc(C(=O)NCC2(C)CCNCC2)c2ccccc2n1.Cl.Cl. The first-order chi connectivity index (χ1) is 10.6. The number of aryl methyl sites for hydroxylation is 1. The van der Waals surface area contributed by atoms with Crippen molar-refractivity contribution in [2.24, 2.45) is 5.41 Å². The average molecular weight is 370 g/mol. The number of piperidine rings is 1. The minimum Gasteiger partial charge on any atom is -0.351 e. The van der Waals surface area contributed by atoms with Crippen LogP contribution in [0.4, 0.5) is 0 Å². The predicted molar refractivity (Wildman–Crippen MR) is 104 cm³/mol. The molecule has 132 valence electrons. The van der Waals surface area contributed by atoms with Gasteiger partial charge in [-0.25, -0.2) is 0 Å². The Morgan fingerprint density at radius 1 is 1.25 bits per heavy atom. The molecule has 0 radical (unpaired) electrons. The molecule has 4 nitrogen and oxygen atoms in total. The number of halogens is 2. The van der Waals surface area contributed by atoms with E-state index in [0.717, 1.165) is 54.6 Å². The summed E-state index contributed by atoms with van der Waals surface area (Å²) in [6.45, 7) is 6.97. The van der Waals surface area contributed by atoms with E-state index in [1.807, 2.05) is 37.3 Å². The molecule has 1 amide bonds. The van der Waals surface area contributed by atoms with Crippen LogP contribution < -0.4 is 10.6 Å². The first-order valence-corrected chi connectivity index (χ1v) is 7.93. The summed E-state index contributed by atoms with van der Waals surface area (Å²) in [6.07, 6.45) is 2.20. The van der Waals surface area contributed by atoms with Crippen LogP contribution in [0.25, 0.3) is 10.9 Å². The van der Waals surface area contributed by atoms with Crippen LogP contribution in [0.5, 0.6) is 0 Å².